The zero-order valence-electron chi connectivity index (χ0n) is 11.3. The van der Waals surface area contributed by atoms with Gasteiger partial charge in [-0.1, -0.05) is 13.8 Å². The normalized spacial score (nSPS) is 26.6. The molecule has 0 aromatic heterocycles. The van der Waals surface area contributed by atoms with Crippen molar-refractivity contribution in [1.29, 1.82) is 0 Å². The number of hydrogen-bond donors (Lipinski definition) is 1. The number of carbonyl (C=O) groups is 1. The Hall–Kier alpha value is -0.220. The summed E-state index contributed by atoms with van der Waals surface area (Å²) in [5.74, 6) is 1.66. The molecule has 1 atom stereocenters. The van der Waals surface area contributed by atoms with E-state index in [0.717, 1.165) is 5.92 Å². The summed E-state index contributed by atoms with van der Waals surface area (Å²) in [7, 11) is 1.96. The molecule has 3 nitrogen and oxygen atoms in total. The van der Waals surface area contributed by atoms with Gasteiger partial charge in [0.2, 0.25) is 5.91 Å². The van der Waals surface area contributed by atoms with Crippen LogP contribution in [-0.2, 0) is 4.79 Å². The predicted molar refractivity (Wildman–Crippen MR) is 75.2 cm³/mol. The lowest BCUT2D eigenvalue weighted by Gasteiger charge is -2.33. The summed E-state index contributed by atoms with van der Waals surface area (Å²) in [6.45, 7) is 5.01. The molecule has 0 aromatic rings. The molecule has 1 amide bonds. The number of nitrogens with zero attached hydrogens (tertiary/aromatic N) is 1. The molecule has 100 valence electrons. The predicted octanol–water partition coefficient (Wildman–Crippen LogP) is 2.10. The fraction of sp³-hybridized carbons (Fsp3) is 0.923. The summed E-state index contributed by atoms with van der Waals surface area (Å²) in [4.78, 5) is 14.0. The number of rotatable bonds is 5. The van der Waals surface area contributed by atoms with Crippen molar-refractivity contribution >= 4 is 17.7 Å². The van der Waals surface area contributed by atoms with Gasteiger partial charge in [-0.25, -0.2) is 0 Å². The quantitative estimate of drug-likeness (QED) is 0.821. The summed E-state index contributed by atoms with van der Waals surface area (Å²) in [5, 5.41) is 0.374. The first-order valence-electron chi connectivity index (χ1n) is 6.62. The van der Waals surface area contributed by atoms with Crippen molar-refractivity contribution in [1.82, 2.24) is 4.90 Å². The van der Waals surface area contributed by atoms with Crippen molar-refractivity contribution in [3.05, 3.63) is 0 Å². The van der Waals surface area contributed by atoms with Crippen molar-refractivity contribution < 1.29 is 4.79 Å². The van der Waals surface area contributed by atoms with Gasteiger partial charge in [-0.15, -0.1) is 11.8 Å². The molecule has 0 bridgehead atoms. The van der Waals surface area contributed by atoms with E-state index in [1.165, 1.54) is 25.7 Å². The van der Waals surface area contributed by atoms with Gasteiger partial charge >= 0.3 is 0 Å². The Kier molecular flexibility index (Phi) is 6.34. The fourth-order valence-electron chi connectivity index (χ4n) is 2.22. The lowest BCUT2D eigenvalue weighted by molar-refractivity contribution is -0.129. The summed E-state index contributed by atoms with van der Waals surface area (Å²) in [5.41, 5.74) is 5.55. The van der Waals surface area contributed by atoms with Crippen LogP contribution in [0, 0.1) is 5.92 Å². The summed E-state index contributed by atoms with van der Waals surface area (Å²) in [6.07, 6.45) is 4.85. The second-order valence-corrected chi connectivity index (χ2v) is 6.70. The van der Waals surface area contributed by atoms with E-state index in [-0.39, 0.29) is 5.91 Å². The largest absolute Gasteiger partial charge is 0.342 e. The van der Waals surface area contributed by atoms with Crippen LogP contribution in [-0.4, -0.2) is 41.4 Å². The van der Waals surface area contributed by atoms with Crippen LogP contribution in [0.3, 0.4) is 0 Å². The molecule has 1 unspecified atom stereocenters. The fourth-order valence-corrected chi connectivity index (χ4v) is 2.98. The van der Waals surface area contributed by atoms with Crippen molar-refractivity contribution in [2.75, 3.05) is 19.3 Å². The van der Waals surface area contributed by atoms with E-state index in [1.807, 2.05) is 11.9 Å². The zero-order chi connectivity index (χ0) is 12.8. The van der Waals surface area contributed by atoms with E-state index in [4.69, 9.17) is 5.73 Å². The molecule has 2 N–H and O–H groups in total. The monoisotopic (exact) mass is 258 g/mol. The number of carbonyl (C=O) groups excluding carboxylic acids is 1. The van der Waals surface area contributed by atoms with Gasteiger partial charge in [0.05, 0.1) is 5.75 Å². The van der Waals surface area contributed by atoms with Gasteiger partial charge in [0.25, 0.3) is 0 Å². The van der Waals surface area contributed by atoms with Crippen LogP contribution >= 0.6 is 11.8 Å². The number of thioether (sulfide) groups is 1. The van der Waals surface area contributed by atoms with Gasteiger partial charge < -0.3 is 10.6 Å². The van der Waals surface area contributed by atoms with Gasteiger partial charge in [-0.3, -0.25) is 4.79 Å². The molecule has 1 rings (SSSR count). The van der Waals surface area contributed by atoms with Crippen LogP contribution in [0.4, 0.5) is 0 Å². The van der Waals surface area contributed by atoms with Crippen LogP contribution in [0.25, 0.3) is 0 Å². The Bertz CT molecular complexity index is 240. The maximum Gasteiger partial charge on any atom is 0.232 e. The molecule has 0 aromatic carbocycles. The first-order valence-corrected chi connectivity index (χ1v) is 7.66. The number of amides is 1. The minimum atomic E-state index is 0.259. The maximum atomic E-state index is 12.0. The highest BCUT2D eigenvalue weighted by Gasteiger charge is 2.24. The molecule has 0 radical (unpaired) electrons. The highest BCUT2D eigenvalue weighted by atomic mass is 32.2. The molecule has 0 saturated heterocycles. The smallest absolute Gasteiger partial charge is 0.232 e. The summed E-state index contributed by atoms with van der Waals surface area (Å²) < 4.78 is 0. The summed E-state index contributed by atoms with van der Waals surface area (Å²) in [6, 6.07) is 0.465. The zero-order valence-corrected chi connectivity index (χ0v) is 12.1. The second-order valence-electron chi connectivity index (χ2n) is 5.28. The van der Waals surface area contributed by atoms with Crippen LogP contribution in [0.15, 0.2) is 0 Å². The van der Waals surface area contributed by atoms with Gasteiger partial charge in [0.1, 0.15) is 0 Å². The molecule has 17 heavy (non-hydrogen) atoms. The molecular weight excluding hydrogens is 232 g/mol. The number of hydrogen-bond acceptors (Lipinski definition) is 3. The molecule has 0 aliphatic heterocycles. The Morgan fingerprint density at radius 1 is 1.41 bits per heavy atom. The topological polar surface area (TPSA) is 46.3 Å². The third-order valence-electron chi connectivity index (χ3n) is 3.75. The molecule has 1 aliphatic carbocycles. The number of nitrogens with two attached hydrogens (primary N) is 1. The molecule has 4 heteroatoms. The van der Waals surface area contributed by atoms with Gasteiger partial charge in [-0.2, -0.15) is 0 Å². The molecule has 0 heterocycles. The minimum absolute atomic E-state index is 0.259. The van der Waals surface area contributed by atoms with Crippen molar-refractivity contribution in [3.8, 4) is 0 Å². The highest BCUT2D eigenvalue weighted by Crippen LogP contribution is 2.26. The highest BCUT2D eigenvalue weighted by molar-refractivity contribution is 8.00. The van der Waals surface area contributed by atoms with Crippen LogP contribution < -0.4 is 5.73 Å². The molecule has 1 aliphatic rings. The van der Waals surface area contributed by atoms with Crippen LogP contribution in [0.2, 0.25) is 0 Å². The lowest BCUT2D eigenvalue weighted by Crippen LogP contribution is -2.40. The average molecular weight is 258 g/mol. The van der Waals surface area contributed by atoms with Crippen LogP contribution in [0.5, 0.6) is 0 Å². The average Bonchev–Trinajstić information content (AvgIpc) is 2.35. The van der Waals surface area contributed by atoms with Crippen molar-refractivity contribution in [2.24, 2.45) is 11.7 Å². The molecule has 0 spiro atoms. The standard InChI is InChI=1S/C13H26N2OS/c1-10-4-6-12(7-5-10)15(3)13(16)9-17-11(2)8-14/h10-12H,4-9,14H2,1-3H3. The Morgan fingerprint density at radius 3 is 2.53 bits per heavy atom. The van der Waals surface area contributed by atoms with Gasteiger partial charge in [-0.05, 0) is 31.6 Å². The van der Waals surface area contributed by atoms with E-state index >= 15 is 0 Å². The van der Waals surface area contributed by atoms with Crippen LogP contribution in [0.1, 0.15) is 39.5 Å². The minimum Gasteiger partial charge on any atom is -0.342 e. The first-order chi connectivity index (χ1) is 8.04. The van der Waals surface area contributed by atoms with Crippen molar-refractivity contribution in [2.45, 2.75) is 50.8 Å². The third-order valence-corrected chi connectivity index (χ3v) is 4.92. The molecular formula is C13H26N2OS. The first kappa shape index (κ1) is 14.8. The third kappa shape index (κ3) is 4.88. The van der Waals surface area contributed by atoms with Gasteiger partial charge in [0, 0.05) is 24.9 Å². The second kappa shape index (κ2) is 7.27. The Labute approximate surface area is 109 Å². The maximum absolute atomic E-state index is 12.0. The Morgan fingerprint density at radius 2 is 2.00 bits per heavy atom. The van der Waals surface area contributed by atoms with Crippen molar-refractivity contribution in [3.63, 3.8) is 0 Å². The molecule has 1 fully saturated rings. The lowest BCUT2D eigenvalue weighted by atomic mass is 9.87. The van der Waals surface area contributed by atoms with E-state index in [2.05, 4.69) is 13.8 Å². The SMILES string of the molecule is CC1CCC(N(C)C(=O)CSC(C)CN)CC1. The van der Waals surface area contributed by atoms with E-state index in [1.54, 1.807) is 11.8 Å². The van der Waals surface area contributed by atoms with Gasteiger partial charge in [0.15, 0.2) is 0 Å². The van der Waals surface area contributed by atoms with E-state index in [0.29, 0.717) is 23.6 Å². The Balaban J connectivity index is 2.31. The summed E-state index contributed by atoms with van der Waals surface area (Å²) >= 11 is 1.66. The van der Waals surface area contributed by atoms with E-state index in [9.17, 15) is 4.79 Å². The molecule has 1 saturated carbocycles. The van der Waals surface area contributed by atoms with E-state index < -0.39 is 0 Å².